The van der Waals surface area contributed by atoms with Crippen LogP contribution < -0.4 is 5.32 Å². The van der Waals surface area contributed by atoms with E-state index in [1.807, 2.05) is 20.8 Å². The van der Waals surface area contributed by atoms with Crippen molar-refractivity contribution in [1.82, 2.24) is 20.5 Å². The van der Waals surface area contributed by atoms with E-state index in [4.69, 9.17) is 0 Å². The molecule has 0 fully saturated rings. The van der Waals surface area contributed by atoms with Crippen molar-refractivity contribution >= 4 is 11.8 Å². The van der Waals surface area contributed by atoms with E-state index in [2.05, 4.69) is 20.5 Å². The lowest BCUT2D eigenvalue weighted by molar-refractivity contribution is 0.574. The standard InChI is InChI=1S/C13H17FN4S/c1-4-15-8(2)11-7-10(14)5-6-12(11)19-13-16-9(3)17-18-13/h5-8,15H,4H2,1-3H3,(H,16,17,18). The first kappa shape index (κ1) is 14.0. The third-order valence-electron chi connectivity index (χ3n) is 2.73. The van der Waals surface area contributed by atoms with Crippen LogP contribution in [0.15, 0.2) is 28.3 Å². The maximum atomic E-state index is 13.4. The quantitative estimate of drug-likeness (QED) is 0.883. The molecule has 0 saturated heterocycles. The van der Waals surface area contributed by atoms with Crippen LogP contribution in [-0.4, -0.2) is 21.7 Å². The minimum atomic E-state index is -0.227. The molecule has 0 bridgehead atoms. The third-order valence-corrected chi connectivity index (χ3v) is 3.68. The maximum absolute atomic E-state index is 13.4. The van der Waals surface area contributed by atoms with Crippen molar-refractivity contribution in [2.24, 2.45) is 0 Å². The predicted octanol–water partition coefficient (Wildman–Crippen LogP) is 3.07. The number of aryl methyl sites for hydroxylation is 1. The number of rotatable bonds is 5. The van der Waals surface area contributed by atoms with Gasteiger partial charge in [-0.1, -0.05) is 6.92 Å². The summed E-state index contributed by atoms with van der Waals surface area (Å²) in [6.45, 7) is 6.73. The molecule has 1 aromatic carbocycles. The van der Waals surface area contributed by atoms with Gasteiger partial charge in [-0.05, 0) is 55.9 Å². The van der Waals surface area contributed by atoms with Gasteiger partial charge in [-0.25, -0.2) is 9.37 Å². The summed E-state index contributed by atoms with van der Waals surface area (Å²) in [5.74, 6) is 0.543. The average molecular weight is 280 g/mol. The summed E-state index contributed by atoms with van der Waals surface area (Å²) in [6.07, 6.45) is 0. The van der Waals surface area contributed by atoms with Crippen LogP contribution in [0.4, 0.5) is 4.39 Å². The molecule has 6 heteroatoms. The number of hydrogen-bond acceptors (Lipinski definition) is 4. The minimum Gasteiger partial charge on any atom is -0.310 e. The smallest absolute Gasteiger partial charge is 0.213 e. The van der Waals surface area contributed by atoms with Crippen molar-refractivity contribution < 1.29 is 4.39 Å². The van der Waals surface area contributed by atoms with Crippen LogP contribution in [0.5, 0.6) is 0 Å². The molecule has 0 radical (unpaired) electrons. The fourth-order valence-electron chi connectivity index (χ4n) is 1.83. The van der Waals surface area contributed by atoms with Crippen LogP contribution >= 0.6 is 11.8 Å². The lowest BCUT2D eigenvalue weighted by Gasteiger charge is -2.16. The van der Waals surface area contributed by atoms with E-state index in [9.17, 15) is 4.39 Å². The molecule has 1 aromatic heterocycles. The highest BCUT2D eigenvalue weighted by Crippen LogP contribution is 2.31. The fraction of sp³-hybridized carbons (Fsp3) is 0.385. The van der Waals surface area contributed by atoms with E-state index in [0.717, 1.165) is 22.8 Å². The molecule has 0 amide bonds. The number of nitrogens with one attached hydrogen (secondary N) is 2. The SMILES string of the molecule is CCNC(C)c1cc(F)ccc1Sc1n[nH]c(C)n1. The summed E-state index contributed by atoms with van der Waals surface area (Å²) in [7, 11) is 0. The molecule has 0 aliphatic carbocycles. The van der Waals surface area contributed by atoms with Crippen LogP contribution in [-0.2, 0) is 0 Å². The molecule has 0 aliphatic heterocycles. The van der Waals surface area contributed by atoms with Gasteiger partial charge in [0, 0.05) is 10.9 Å². The van der Waals surface area contributed by atoms with Crippen molar-refractivity contribution in [3.8, 4) is 0 Å². The molecule has 1 atom stereocenters. The number of nitrogens with zero attached hydrogens (tertiary/aromatic N) is 2. The molecule has 1 heterocycles. The second-order valence-corrected chi connectivity index (χ2v) is 5.28. The topological polar surface area (TPSA) is 53.6 Å². The third kappa shape index (κ3) is 3.54. The van der Waals surface area contributed by atoms with E-state index in [1.165, 1.54) is 17.8 Å². The largest absolute Gasteiger partial charge is 0.310 e. The summed E-state index contributed by atoms with van der Waals surface area (Å²) >= 11 is 1.44. The Kier molecular flexibility index (Phi) is 4.55. The Morgan fingerprint density at radius 2 is 2.26 bits per heavy atom. The first-order chi connectivity index (χ1) is 9.10. The number of aromatic nitrogens is 3. The molecule has 1 unspecified atom stereocenters. The molecule has 19 heavy (non-hydrogen) atoms. The Labute approximate surface area is 116 Å². The minimum absolute atomic E-state index is 0.0863. The van der Waals surface area contributed by atoms with Crippen LogP contribution in [0.3, 0.4) is 0 Å². The lowest BCUT2D eigenvalue weighted by Crippen LogP contribution is -2.18. The Bertz CT molecular complexity index is 555. The van der Waals surface area contributed by atoms with Gasteiger partial charge in [-0.2, -0.15) is 0 Å². The molecule has 0 aliphatic rings. The number of hydrogen-bond donors (Lipinski definition) is 2. The molecule has 4 nitrogen and oxygen atoms in total. The zero-order valence-corrected chi connectivity index (χ0v) is 12.0. The molecule has 102 valence electrons. The van der Waals surface area contributed by atoms with Gasteiger partial charge in [0.05, 0.1) is 0 Å². The monoisotopic (exact) mass is 280 g/mol. The first-order valence-corrected chi connectivity index (χ1v) is 7.01. The lowest BCUT2D eigenvalue weighted by atomic mass is 10.1. The summed E-state index contributed by atoms with van der Waals surface area (Å²) in [6, 6.07) is 4.89. The zero-order valence-electron chi connectivity index (χ0n) is 11.2. The highest BCUT2D eigenvalue weighted by Gasteiger charge is 2.13. The van der Waals surface area contributed by atoms with Crippen LogP contribution in [0, 0.1) is 12.7 Å². The van der Waals surface area contributed by atoms with Crippen LogP contribution in [0.1, 0.15) is 31.3 Å². The highest BCUT2D eigenvalue weighted by molar-refractivity contribution is 7.99. The van der Waals surface area contributed by atoms with Gasteiger partial charge in [-0.3, -0.25) is 5.10 Å². The Morgan fingerprint density at radius 1 is 1.47 bits per heavy atom. The zero-order chi connectivity index (χ0) is 13.8. The Morgan fingerprint density at radius 3 is 2.89 bits per heavy atom. The Balaban J connectivity index is 2.28. The molecule has 0 spiro atoms. The molecule has 0 saturated carbocycles. The van der Waals surface area contributed by atoms with E-state index in [-0.39, 0.29) is 11.9 Å². The normalized spacial score (nSPS) is 12.6. The maximum Gasteiger partial charge on any atom is 0.213 e. The number of halogens is 1. The second kappa shape index (κ2) is 6.16. The van der Waals surface area contributed by atoms with Gasteiger partial charge >= 0.3 is 0 Å². The van der Waals surface area contributed by atoms with Gasteiger partial charge in [0.25, 0.3) is 0 Å². The summed E-state index contributed by atoms with van der Waals surface area (Å²) < 4.78 is 13.4. The van der Waals surface area contributed by atoms with Crippen LogP contribution in [0.2, 0.25) is 0 Å². The van der Waals surface area contributed by atoms with E-state index in [0.29, 0.717) is 5.16 Å². The van der Waals surface area contributed by atoms with Crippen molar-refractivity contribution in [2.45, 2.75) is 36.9 Å². The van der Waals surface area contributed by atoms with Crippen molar-refractivity contribution in [3.05, 3.63) is 35.4 Å². The molecule has 2 rings (SSSR count). The summed E-state index contributed by atoms with van der Waals surface area (Å²) in [5, 5.41) is 10.8. The van der Waals surface area contributed by atoms with Crippen LogP contribution in [0.25, 0.3) is 0 Å². The van der Waals surface area contributed by atoms with Gasteiger partial charge in [0.1, 0.15) is 11.6 Å². The predicted molar refractivity (Wildman–Crippen MR) is 73.7 cm³/mol. The van der Waals surface area contributed by atoms with E-state index < -0.39 is 0 Å². The number of aromatic amines is 1. The van der Waals surface area contributed by atoms with Gasteiger partial charge in [-0.15, -0.1) is 5.10 Å². The van der Waals surface area contributed by atoms with E-state index >= 15 is 0 Å². The summed E-state index contributed by atoms with van der Waals surface area (Å²) in [4.78, 5) is 5.22. The molecule has 2 aromatic rings. The molecular weight excluding hydrogens is 263 g/mol. The van der Waals surface area contributed by atoms with Gasteiger partial charge < -0.3 is 5.32 Å². The van der Waals surface area contributed by atoms with Gasteiger partial charge in [0.15, 0.2) is 0 Å². The van der Waals surface area contributed by atoms with E-state index in [1.54, 1.807) is 12.1 Å². The van der Waals surface area contributed by atoms with Crippen molar-refractivity contribution in [1.29, 1.82) is 0 Å². The average Bonchev–Trinajstić information content (AvgIpc) is 2.77. The molecular formula is C13H17FN4S. The first-order valence-electron chi connectivity index (χ1n) is 6.20. The summed E-state index contributed by atoms with van der Waals surface area (Å²) in [5.41, 5.74) is 0.925. The highest BCUT2D eigenvalue weighted by atomic mass is 32.2. The fourth-order valence-corrected chi connectivity index (χ4v) is 2.79. The number of H-pyrrole nitrogens is 1. The molecule has 2 N–H and O–H groups in total. The van der Waals surface area contributed by atoms with Crippen molar-refractivity contribution in [2.75, 3.05) is 6.54 Å². The Hall–Kier alpha value is -1.40. The number of benzene rings is 1. The van der Waals surface area contributed by atoms with Crippen molar-refractivity contribution in [3.63, 3.8) is 0 Å². The van der Waals surface area contributed by atoms with Gasteiger partial charge in [0.2, 0.25) is 5.16 Å². The second-order valence-electron chi connectivity index (χ2n) is 4.27.